The lowest BCUT2D eigenvalue weighted by Gasteiger charge is -2.19. The van der Waals surface area contributed by atoms with Crippen LogP contribution in [0.5, 0.6) is 5.75 Å². The number of aromatic hydroxyl groups is 1. The Hall–Kier alpha value is -1.39. The minimum absolute atomic E-state index is 0.0172. The van der Waals surface area contributed by atoms with Gasteiger partial charge < -0.3 is 10.2 Å². The summed E-state index contributed by atoms with van der Waals surface area (Å²) >= 11 is 0. The Bertz CT molecular complexity index is 390. The fraction of sp³-hybridized carbons (Fsp3) is 0.462. The van der Waals surface area contributed by atoms with Gasteiger partial charge in [0.05, 0.1) is 6.61 Å². The Labute approximate surface area is 101 Å². The monoisotopic (exact) mass is 237 g/mol. The third-order valence-corrected chi connectivity index (χ3v) is 2.74. The van der Waals surface area contributed by atoms with Crippen molar-refractivity contribution in [3.63, 3.8) is 0 Å². The first-order chi connectivity index (χ1) is 8.08. The summed E-state index contributed by atoms with van der Waals surface area (Å²) in [6.45, 7) is 5.44. The Kier molecular flexibility index (Phi) is 5.12. The molecule has 94 valence electrons. The number of phenols is 1. The van der Waals surface area contributed by atoms with Crippen LogP contribution < -0.4 is 0 Å². The first-order valence-electron chi connectivity index (χ1n) is 5.74. The average molecular weight is 237 g/mol. The molecule has 0 saturated heterocycles. The van der Waals surface area contributed by atoms with E-state index < -0.39 is 0 Å². The third-order valence-electron chi connectivity index (χ3n) is 2.74. The quantitative estimate of drug-likeness (QED) is 0.734. The Morgan fingerprint density at radius 1 is 1.41 bits per heavy atom. The highest BCUT2D eigenvalue weighted by molar-refractivity contribution is 5.94. The largest absolute Gasteiger partial charge is 0.508 e. The van der Waals surface area contributed by atoms with E-state index in [0.29, 0.717) is 24.2 Å². The van der Waals surface area contributed by atoms with Crippen molar-refractivity contribution < 1.29 is 15.0 Å². The molecule has 0 spiro atoms. The average Bonchev–Trinajstić information content (AvgIpc) is 2.30. The topological polar surface area (TPSA) is 60.8 Å². The molecule has 0 aliphatic carbocycles. The molecule has 1 aromatic carbocycles. The molecule has 0 bridgehead atoms. The zero-order chi connectivity index (χ0) is 12.8. The van der Waals surface area contributed by atoms with E-state index in [1.54, 1.807) is 18.2 Å². The normalized spacial score (nSPS) is 10.8. The number of carbonyl (C=O) groups excluding carboxylic acids is 1. The summed E-state index contributed by atoms with van der Waals surface area (Å²) in [7, 11) is 0. The van der Waals surface area contributed by atoms with Crippen molar-refractivity contribution in [1.82, 2.24) is 4.90 Å². The highest BCUT2D eigenvalue weighted by Gasteiger charge is 2.09. The van der Waals surface area contributed by atoms with Crippen molar-refractivity contribution in [2.45, 2.75) is 20.4 Å². The highest BCUT2D eigenvalue weighted by atomic mass is 16.3. The molecular weight excluding hydrogens is 218 g/mol. The van der Waals surface area contributed by atoms with E-state index in [9.17, 15) is 9.90 Å². The number of nitrogens with zero attached hydrogens (tertiary/aromatic N) is 1. The summed E-state index contributed by atoms with van der Waals surface area (Å²) in [5, 5.41) is 18.6. The lowest BCUT2D eigenvalue weighted by molar-refractivity contribution is 0.101. The van der Waals surface area contributed by atoms with Gasteiger partial charge in [0.25, 0.3) is 0 Å². The molecule has 0 radical (unpaired) electrons. The lowest BCUT2D eigenvalue weighted by atomic mass is 10.1. The van der Waals surface area contributed by atoms with Crippen LogP contribution in [0.25, 0.3) is 0 Å². The number of benzene rings is 1. The van der Waals surface area contributed by atoms with Gasteiger partial charge in [-0.2, -0.15) is 0 Å². The number of phenolic OH excluding ortho intramolecular Hbond substituents is 1. The van der Waals surface area contributed by atoms with Crippen molar-refractivity contribution in [2.24, 2.45) is 0 Å². The van der Waals surface area contributed by atoms with Crippen molar-refractivity contribution in [3.05, 3.63) is 29.3 Å². The van der Waals surface area contributed by atoms with Crippen LogP contribution in [-0.2, 0) is 6.54 Å². The number of ketones is 1. The summed E-state index contributed by atoms with van der Waals surface area (Å²) < 4.78 is 0. The SMILES string of the molecule is CCN(CCO)Cc1cc(C(C)=O)ccc1O. The second-order valence-corrected chi connectivity index (χ2v) is 3.99. The highest BCUT2D eigenvalue weighted by Crippen LogP contribution is 2.20. The van der Waals surface area contributed by atoms with Crippen LogP contribution in [-0.4, -0.2) is 40.6 Å². The van der Waals surface area contributed by atoms with Crippen LogP contribution in [0.1, 0.15) is 29.8 Å². The molecule has 0 saturated carbocycles. The third kappa shape index (κ3) is 3.84. The fourth-order valence-corrected chi connectivity index (χ4v) is 1.66. The van der Waals surface area contributed by atoms with Gasteiger partial charge in [0.15, 0.2) is 5.78 Å². The van der Waals surface area contributed by atoms with Crippen LogP contribution in [0.3, 0.4) is 0 Å². The molecule has 0 atom stereocenters. The van der Waals surface area contributed by atoms with Gasteiger partial charge in [0.1, 0.15) is 5.75 Å². The maximum atomic E-state index is 11.3. The first kappa shape index (κ1) is 13.7. The van der Waals surface area contributed by atoms with E-state index in [-0.39, 0.29) is 18.1 Å². The zero-order valence-corrected chi connectivity index (χ0v) is 10.3. The van der Waals surface area contributed by atoms with Crippen LogP contribution in [0.2, 0.25) is 0 Å². The maximum Gasteiger partial charge on any atom is 0.159 e. The molecule has 4 nitrogen and oxygen atoms in total. The van der Waals surface area contributed by atoms with Gasteiger partial charge in [-0.15, -0.1) is 0 Å². The van der Waals surface area contributed by atoms with E-state index in [4.69, 9.17) is 5.11 Å². The van der Waals surface area contributed by atoms with Crippen molar-refractivity contribution in [3.8, 4) is 5.75 Å². The number of hydrogen-bond donors (Lipinski definition) is 2. The fourth-order valence-electron chi connectivity index (χ4n) is 1.66. The van der Waals surface area contributed by atoms with Crippen molar-refractivity contribution in [1.29, 1.82) is 0 Å². The van der Waals surface area contributed by atoms with Gasteiger partial charge in [-0.25, -0.2) is 0 Å². The van der Waals surface area contributed by atoms with E-state index in [2.05, 4.69) is 0 Å². The number of carbonyl (C=O) groups is 1. The van der Waals surface area contributed by atoms with E-state index in [1.807, 2.05) is 11.8 Å². The Morgan fingerprint density at radius 3 is 2.65 bits per heavy atom. The molecule has 1 rings (SSSR count). The van der Waals surface area contributed by atoms with Gasteiger partial charge in [0.2, 0.25) is 0 Å². The van der Waals surface area contributed by atoms with Crippen LogP contribution in [0.15, 0.2) is 18.2 Å². The molecule has 0 fully saturated rings. The first-order valence-corrected chi connectivity index (χ1v) is 5.74. The van der Waals surface area contributed by atoms with Crippen LogP contribution >= 0.6 is 0 Å². The molecule has 1 aromatic rings. The molecule has 4 heteroatoms. The van der Waals surface area contributed by atoms with Gasteiger partial charge in [-0.1, -0.05) is 6.92 Å². The molecule has 0 aromatic heterocycles. The molecule has 0 aliphatic heterocycles. The standard InChI is InChI=1S/C13H19NO3/c1-3-14(6-7-15)9-12-8-11(10(2)16)4-5-13(12)17/h4-5,8,15,17H,3,6-7,9H2,1-2H3. The summed E-state index contributed by atoms with van der Waals surface area (Å²) in [6.07, 6.45) is 0. The minimum Gasteiger partial charge on any atom is -0.508 e. The van der Waals surface area contributed by atoms with Gasteiger partial charge in [-0.05, 0) is 31.7 Å². The number of hydrogen-bond acceptors (Lipinski definition) is 4. The summed E-state index contributed by atoms with van der Waals surface area (Å²) in [5.74, 6) is 0.169. The summed E-state index contributed by atoms with van der Waals surface area (Å²) in [4.78, 5) is 13.3. The second-order valence-electron chi connectivity index (χ2n) is 3.99. The molecule has 17 heavy (non-hydrogen) atoms. The minimum atomic E-state index is -0.0172. The number of likely N-dealkylation sites (N-methyl/N-ethyl adjacent to an activating group) is 1. The number of Topliss-reactive ketones (excluding diaryl/α,β-unsaturated/α-hetero) is 1. The summed E-state index contributed by atoms with van der Waals surface area (Å²) in [5.41, 5.74) is 1.31. The Balaban J connectivity index is 2.88. The maximum absolute atomic E-state index is 11.3. The van der Waals surface area contributed by atoms with E-state index in [0.717, 1.165) is 6.54 Å². The van der Waals surface area contributed by atoms with Gasteiger partial charge in [-0.3, -0.25) is 9.69 Å². The Morgan fingerprint density at radius 2 is 2.12 bits per heavy atom. The molecule has 0 amide bonds. The lowest BCUT2D eigenvalue weighted by Crippen LogP contribution is -2.26. The van der Waals surface area contributed by atoms with E-state index in [1.165, 1.54) is 6.92 Å². The van der Waals surface area contributed by atoms with Gasteiger partial charge >= 0.3 is 0 Å². The molecule has 0 heterocycles. The number of rotatable bonds is 6. The van der Waals surface area contributed by atoms with E-state index >= 15 is 0 Å². The van der Waals surface area contributed by atoms with Crippen LogP contribution in [0.4, 0.5) is 0 Å². The summed E-state index contributed by atoms with van der Waals surface area (Å²) in [6, 6.07) is 4.86. The number of aliphatic hydroxyl groups is 1. The predicted molar refractivity (Wildman–Crippen MR) is 66.1 cm³/mol. The van der Waals surface area contributed by atoms with Crippen molar-refractivity contribution in [2.75, 3.05) is 19.7 Å². The predicted octanol–water partition coefficient (Wildman–Crippen LogP) is 1.41. The molecular formula is C13H19NO3. The number of aliphatic hydroxyl groups excluding tert-OH is 1. The molecule has 0 aliphatic rings. The van der Waals surface area contributed by atoms with Crippen molar-refractivity contribution >= 4 is 5.78 Å². The molecule has 2 N–H and O–H groups in total. The second kappa shape index (κ2) is 6.37. The van der Waals surface area contributed by atoms with Crippen LogP contribution in [0, 0.1) is 0 Å². The smallest absolute Gasteiger partial charge is 0.159 e. The zero-order valence-electron chi connectivity index (χ0n) is 10.3. The molecule has 0 unspecified atom stereocenters. The van der Waals surface area contributed by atoms with Gasteiger partial charge in [0, 0.05) is 24.2 Å².